The van der Waals surface area contributed by atoms with E-state index in [9.17, 15) is 4.79 Å². The number of anilines is 1. The number of aromatic nitrogens is 6. The maximum absolute atomic E-state index is 12.9. The number of nitrogens with zero attached hydrogens (tertiary/aromatic N) is 6. The molecule has 1 saturated carbocycles. The fraction of sp³-hybridized carbons (Fsp3) is 0.360. The van der Waals surface area contributed by atoms with E-state index in [-0.39, 0.29) is 5.91 Å². The van der Waals surface area contributed by atoms with Crippen LogP contribution in [-0.2, 0) is 16.8 Å². The van der Waals surface area contributed by atoms with Gasteiger partial charge in [0, 0.05) is 30.2 Å². The van der Waals surface area contributed by atoms with E-state index < -0.39 is 5.41 Å². The van der Waals surface area contributed by atoms with Crippen molar-refractivity contribution in [2.24, 2.45) is 5.92 Å². The highest BCUT2D eigenvalue weighted by Crippen LogP contribution is 2.48. The fourth-order valence-electron chi connectivity index (χ4n) is 4.92. The molecule has 1 aromatic carbocycles. The maximum Gasteiger partial charge on any atom is 0.234 e. The Labute approximate surface area is 191 Å². The Kier molecular flexibility index (Phi) is 4.33. The summed E-state index contributed by atoms with van der Waals surface area (Å²) in [6, 6.07) is 6.10. The van der Waals surface area contributed by atoms with Crippen LogP contribution in [0.1, 0.15) is 44.5 Å². The number of nitrogens with one attached hydrogen (secondary N) is 1. The first-order chi connectivity index (χ1) is 16.0. The van der Waals surface area contributed by atoms with Gasteiger partial charge in [-0.3, -0.25) is 4.79 Å². The summed E-state index contributed by atoms with van der Waals surface area (Å²) < 4.78 is 2.06. The van der Waals surface area contributed by atoms with Gasteiger partial charge >= 0.3 is 0 Å². The lowest BCUT2D eigenvalue weighted by atomic mass is 9.78. The average Bonchev–Trinajstić information content (AvgIpc) is 3.49. The highest BCUT2D eigenvalue weighted by Gasteiger charge is 2.46. The summed E-state index contributed by atoms with van der Waals surface area (Å²) >= 11 is 0. The van der Waals surface area contributed by atoms with Crippen LogP contribution in [-0.4, -0.2) is 35.4 Å². The molecule has 1 aliphatic heterocycles. The number of amides is 1. The second-order valence-corrected chi connectivity index (χ2v) is 9.29. The van der Waals surface area contributed by atoms with Gasteiger partial charge in [0.05, 0.1) is 11.0 Å². The van der Waals surface area contributed by atoms with E-state index in [1.54, 1.807) is 18.7 Å². The van der Waals surface area contributed by atoms with Crippen LogP contribution in [0.3, 0.4) is 0 Å². The molecule has 3 aromatic heterocycles. The smallest absolute Gasteiger partial charge is 0.234 e. The van der Waals surface area contributed by atoms with Crippen LogP contribution in [0.25, 0.3) is 33.8 Å². The summed E-state index contributed by atoms with van der Waals surface area (Å²) in [5.74, 6) is 2.21. The Morgan fingerprint density at radius 3 is 2.64 bits per heavy atom. The van der Waals surface area contributed by atoms with Crippen LogP contribution < -0.4 is 5.32 Å². The third-order valence-electron chi connectivity index (χ3n) is 6.92. The van der Waals surface area contributed by atoms with Gasteiger partial charge in [-0.05, 0) is 50.8 Å². The minimum absolute atomic E-state index is 0.0892. The van der Waals surface area contributed by atoms with Crippen molar-refractivity contribution in [1.82, 2.24) is 29.5 Å². The largest absolute Gasteiger partial charge is 0.325 e. The van der Waals surface area contributed by atoms with E-state index >= 15 is 0 Å². The van der Waals surface area contributed by atoms with E-state index in [0.29, 0.717) is 18.3 Å². The number of aryl methyl sites for hydroxylation is 2. The van der Waals surface area contributed by atoms with Gasteiger partial charge in [0.1, 0.15) is 29.2 Å². The van der Waals surface area contributed by atoms with Crippen molar-refractivity contribution in [3.05, 3.63) is 48.3 Å². The minimum atomic E-state index is -0.508. The molecule has 1 aliphatic carbocycles. The predicted molar refractivity (Wildman–Crippen MR) is 126 cm³/mol. The maximum atomic E-state index is 12.9. The lowest BCUT2D eigenvalue weighted by Gasteiger charge is -2.22. The van der Waals surface area contributed by atoms with Crippen LogP contribution in [0.5, 0.6) is 0 Å². The number of rotatable bonds is 5. The monoisotopic (exact) mass is 439 g/mol. The van der Waals surface area contributed by atoms with E-state index in [2.05, 4.69) is 49.7 Å². The van der Waals surface area contributed by atoms with E-state index in [0.717, 1.165) is 51.5 Å². The first-order valence-corrected chi connectivity index (χ1v) is 11.4. The zero-order chi connectivity index (χ0) is 22.7. The quantitative estimate of drug-likeness (QED) is 0.498. The van der Waals surface area contributed by atoms with Gasteiger partial charge in [-0.2, -0.15) is 0 Å². The summed E-state index contributed by atoms with van der Waals surface area (Å²) in [5, 5.41) is 3.08. The lowest BCUT2D eigenvalue weighted by Crippen LogP contribution is -2.31. The summed E-state index contributed by atoms with van der Waals surface area (Å²) in [6.45, 7) is 6.70. The third kappa shape index (κ3) is 3.12. The van der Waals surface area contributed by atoms with Gasteiger partial charge in [-0.25, -0.2) is 24.9 Å². The van der Waals surface area contributed by atoms with Gasteiger partial charge in [-0.15, -0.1) is 0 Å². The topological polar surface area (TPSA) is 98.5 Å². The first-order valence-electron chi connectivity index (χ1n) is 11.4. The van der Waals surface area contributed by atoms with Gasteiger partial charge in [0.15, 0.2) is 5.65 Å². The molecule has 0 bridgehead atoms. The zero-order valence-corrected chi connectivity index (χ0v) is 19.0. The molecule has 1 N–H and O–H groups in total. The predicted octanol–water partition coefficient (Wildman–Crippen LogP) is 4.29. The summed E-state index contributed by atoms with van der Waals surface area (Å²) in [4.78, 5) is 35.6. The summed E-state index contributed by atoms with van der Waals surface area (Å²) in [7, 11) is 0. The van der Waals surface area contributed by atoms with Gasteiger partial charge in [0.25, 0.3) is 0 Å². The normalized spacial score (nSPS) is 19.7. The highest BCUT2D eigenvalue weighted by molar-refractivity contribution is 6.06. The van der Waals surface area contributed by atoms with Crippen molar-refractivity contribution < 1.29 is 4.79 Å². The standard InChI is InChI=1S/C25H25N7O/c1-4-32-22(17-11-26-14(2)27-12-17)31-21-20(28-13-29-23(21)32)16-7-8-19-18(9-16)25(3,24(33)30-19)10-15-5-6-15/h7-9,11-13,15H,4-6,10H2,1-3H3,(H,30,33)/t25-/m1/s1. The Balaban J connectivity index is 1.50. The molecule has 1 atom stereocenters. The molecule has 6 rings (SSSR count). The van der Waals surface area contributed by atoms with Gasteiger partial charge < -0.3 is 9.88 Å². The third-order valence-corrected chi connectivity index (χ3v) is 6.92. The van der Waals surface area contributed by atoms with Crippen LogP contribution in [0.2, 0.25) is 0 Å². The zero-order valence-electron chi connectivity index (χ0n) is 19.0. The lowest BCUT2D eigenvalue weighted by molar-refractivity contribution is -0.120. The number of carbonyl (C=O) groups excluding carboxylic acids is 1. The molecular formula is C25H25N7O. The van der Waals surface area contributed by atoms with E-state index in [1.165, 1.54) is 12.8 Å². The first kappa shape index (κ1) is 20.0. The number of hydrogen-bond donors (Lipinski definition) is 1. The molecule has 2 aliphatic rings. The molecule has 0 radical (unpaired) electrons. The molecule has 166 valence electrons. The molecule has 8 nitrogen and oxygen atoms in total. The Hall–Kier alpha value is -3.68. The molecule has 4 heterocycles. The van der Waals surface area contributed by atoms with E-state index in [4.69, 9.17) is 4.98 Å². The van der Waals surface area contributed by atoms with Crippen molar-refractivity contribution in [2.75, 3.05) is 5.32 Å². The van der Waals surface area contributed by atoms with E-state index in [1.807, 2.05) is 19.1 Å². The average molecular weight is 440 g/mol. The van der Waals surface area contributed by atoms with Gasteiger partial charge in [-0.1, -0.05) is 18.9 Å². The molecule has 0 unspecified atom stereocenters. The van der Waals surface area contributed by atoms with Crippen molar-refractivity contribution in [1.29, 1.82) is 0 Å². The van der Waals surface area contributed by atoms with Crippen LogP contribution in [0, 0.1) is 12.8 Å². The fourth-order valence-corrected chi connectivity index (χ4v) is 4.92. The second-order valence-electron chi connectivity index (χ2n) is 9.29. The Morgan fingerprint density at radius 1 is 1.12 bits per heavy atom. The van der Waals surface area contributed by atoms with Crippen LogP contribution in [0.4, 0.5) is 5.69 Å². The number of imidazole rings is 1. The van der Waals surface area contributed by atoms with Crippen molar-refractivity contribution >= 4 is 22.8 Å². The number of benzene rings is 1. The molecule has 1 amide bonds. The molecule has 33 heavy (non-hydrogen) atoms. The summed E-state index contributed by atoms with van der Waals surface area (Å²) in [6.07, 6.45) is 8.48. The van der Waals surface area contributed by atoms with Gasteiger partial charge in [0.2, 0.25) is 5.91 Å². The molecule has 0 spiro atoms. The van der Waals surface area contributed by atoms with Crippen LogP contribution in [0.15, 0.2) is 36.9 Å². The Bertz CT molecular complexity index is 1400. The number of hydrogen-bond acceptors (Lipinski definition) is 6. The second kappa shape index (κ2) is 7.16. The minimum Gasteiger partial charge on any atom is -0.325 e. The summed E-state index contributed by atoms with van der Waals surface area (Å²) in [5.41, 5.74) is 5.48. The molecular weight excluding hydrogens is 414 g/mol. The number of carbonyl (C=O) groups is 1. The Morgan fingerprint density at radius 2 is 1.91 bits per heavy atom. The van der Waals surface area contributed by atoms with Crippen molar-refractivity contribution in [2.45, 2.75) is 52.0 Å². The molecule has 0 saturated heterocycles. The van der Waals surface area contributed by atoms with Crippen LogP contribution >= 0.6 is 0 Å². The molecule has 1 fully saturated rings. The SMILES string of the molecule is CCn1c(-c2cnc(C)nc2)nc2c(-c3ccc4c(c3)[C@@](C)(CC3CC3)C(=O)N4)ncnc21. The highest BCUT2D eigenvalue weighted by atomic mass is 16.2. The number of fused-ring (bicyclic) bond motifs is 2. The van der Waals surface area contributed by atoms with Crippen molar-refractivity contribution in [3.8, 4) is 22.6 Å². The molecule has 8 heteroatoms. The molecule has 4 aromatic rings. The van der Waals surface area contributed by atoms with Crippen molar-refractivity contribution in [3.63, 3.8) is 0 Å².